The number of anilines is 1. The summed E-state index contributed by atoms with van der Waals surface area (Å²) in [6, 6.07) is 8.02. The minimum absolute atomic E-state index is 0.00886. The molecule has 1 aromatic carbocycles. The highest BCUT2D eigenvalue weighted by Crippen LogP contribution is 2.27. The Hall–Kier alpha value is -2.21. The molecule has 25 heavy (non-hydrogen) atoms. The number of hydrogen-bond donors (Lipinski definition) is 1. The topological polar surface area (TPSA) is 67.3 Å². The molecular weight excluding hydrogens is 316 g/mol. The van der Waals surface area contributed by atoms with E-state index in [1.807, 2.05) is 31.2 Å². The van der Waals surface area contributed by atoms with Gasteiger partial charge in [0.25, 0.3) is 0 Å². The van der Waals surface area contributed by atoms with Crippen molar-refractivity contribution in [2.75, 3.05) is 37.7 Å². The standard InChI is InChI=1S/C19H26N4O2/c1-2-25-12-6-10-20-19(24)15-7-5-11-23(13-15)18-16-8-3-4-9-17(16)21-14-22-18/h3-4,8-9,14-15H,2,5-7,10-13H2,1H3,(H,20,24). The lowest BCUT2D eigenvalue weighted by Gasteiger charge is -2.33. The molecule has 1 unspecified atom stereocenters. The van der Waals surface area contributed by atoms with Crippen LogP contribution in [0.25, 0.3) is 10.9 Å². The lowest BCUT2D eigenvalue weighted by atomic mass is 9.97. The minimum Gasteiger partial charge on any atom is -0.382 e. The minimum atomic E-state index is 0.00886. The van der Waals surface area contributed by atoms with Crippen molar-refractivity contribution in [1.29, 1.82) is 0 Å². The van der Waals surface area contributed by atoms with Gasteiger partial charge < -0.3 is 15.0 Å². The molecule has 1 atom stereocenters. The van der Waals surface area contributed by atoms with E-state index in [2.05, 4.69) is 20.2 Å². The number of fused-ring (bicyclic) bond motifs is 1. The van der Waals surface area contributed by atoms with Gasteiger partial charge in [-0.05, 0) is 38.3 Å². The van der Waals surface area contributed by atoms with Crippen LogP contribution in [0.1, 0.15) is 26.2 Å². The van der Waals surface area contributed by atoms with Gasteiger partial charge in [0, 0.05) is 38.2 Å². The van der Waals surface area contributed by atoms with Crippen molar-refractivity contribution in [3.8, 4) is 0 Å². The van der Waals surface area contributed by atoms with Crippen LogP contribution in [-0.2, 0) is 9.53 Å². The van der Waals surface area contributed by atoms with Crippen LogP contribution in [0.4, 0.5) is 5.82 Å². The number of carbonyl (C=O) groups excluding carboxylic acids is 1. The second-order valence-electron chi connectivity index (χ2n) is 6.34. The number of para-hydroxylation sites is 1. The average molecular weight is 342 g/mol. The third-order valence-corrected chi connectivity index (χ3v) is 4.58. The number of piperidine rings is 1. The monoisotopic (exact) mass is 342 g/mol. The van der Waals surface area contributed by atoms with Gasteiger partial charge in [0.15, 0.2) is 0 Å². The fraction of sp³-hybridized carbons (Fsp3) is 0.526. The van der Waals surface area contributed by atoms with E-state index in [0.717, 1.165) is 49.1 Å². The number of carbonyl (C=O) groups is 1. The molecule has 3 rings (SSSR count). The molecule has 1 aliphatic rings. The molecule has 134 valence electrons. The largest absolute Gasteiger partial charge is 0.382 e. The van der Waals surface area contributed by atoms with Crippen LogP contribution in [0.5, 0.6) is 0 Å². The summed E-state index contributed by atoms with van der Waals surface area (Å²) in [4.78, 5) is 23.5. The summed E-state index contributed by atoms with van der Waals surface area (Å²) in [6.07, 6.45) is 4.38. The van der Waals surface area contributed by atoms with Crippen LogP contribution in [-0.4, -0.2) is 48.7 Å². The van der Waals surface area contributed by atoms with Crippen molar-refractivity contribution in [3.63, 3.8) is 0 Å². The first-order valence-electron chi connectivity index (χ1n) is 9.09. The first kappa shape index (κ1) is 17.6. The van der Waals surface area contributed by atoms with Crippen LogP contribution in [0.3, 0.4) is 0 Å². The van der Waals surface area contributed by atoms with E-state index >= 15 is 0 Å². The summed E-state index contributed by atoms with van der Waals surface area (Å²) in [5.74, 6) is 1.08. The Bertz CT molecular complexity index is 701. The maximum Gasteiger partial charge on any atom is 0.224 e. The molecule has 0 bridgehead atoms. The zero-order valence-electron chi connectivity index (χ0n) is 14.8. The zero-order chi connectivity index (χ0) is 17.5. The van der Waals surface area contributed by atoms with Crippen LogP contribution >= 0.6 is 0 Å². The highest BCUT2D eigenvalue weighted by Gasteiger charge is 2.27. The molecular formula is C19H26N4O2. The number of aromatic nitrogens is 2. The van der Waals surface area contributed by atoms with Gasteiger partial charge in [-0.3, -0.25) is 4.79 Å². The van der Waals surface area contributed by atoms with Crippen LogP contribution in [0, 0.1) is 5.92 Å². The maximum absolute atomic E-state index is 12.5. The Morgan fingerprint density at radius 2 is 2.24 bits per heavy atom. The third-order valence-electron chi connectivity index (χ3n) is 4.58. The number of amides is 1. The lowest BCUT2D eigenvalue weighted by molar-refractivity contribution is -0.125. The summed E-state index contributed by atoms with van der Waals surface area (Å²) in [7, 11) is 0. The van der Waals surface area contributed by atoms with Crippen molar-refractivity contribution in [2.45, 2.75) is 26.2 Å². The molecule has 1 N–H and O–H groups in total. The molecule has 6 nitrogen and oxygen atoms in total. The Morgan fingerprint density at radius 3 is 3.12 bits per heavy atom. The van der Waals surface area contributed by atoms with Gasteiger partial charge in [0.2, 0.25) is 5.91 Å². The number of nitrogens with one attached hydrogen (secondary N) is 1. The average Bonchev–Trinajstić information content (AvgIpc) is 2.67. The molecule has 1 aromatic heterocycles. The molecule has 1 amide bonds. The van der Waals surface area contributed by atoms with Gasteiger partial charge in [-0.2, -0.15) is 0 Å². The van der Waals surface area contributed by atoms with Gasteiger partial charge >= 0.3 is 0 Å². The van der Waals surface area contributed by atoms with Gasteiger partial charge in [-0.15, -0.1) is 0 Å². The number of benzene rings is 1. The number of ether oxygens (including phenoxy) is 1. The predicted molar refractivity (Wildman–Crippen MR) is 98.6 cm³/mol. The zero-order valence-corrected chi connectivity index (χ0v) is 14.8. The Kier molecular flexibility index (Phi) is 6.17. The van der Waals surface area contributed by atoms with E-state index < -0.39 is 0 Å². The van der Waals surface area contributed by atoms with E-state index in [0.29, 0.717) is 19.7 Å². The normalized spacial score (nSPS) is 17.6. The van der Waals surface area contributed by atoms with Crippen molar-refractivity contribution in [2.24, 2.45) is 5.92 Å². The van der Waals surface area contributed by atoms with E-state index in [-0.39, 0.29) is 11.8 Å². The summed E-state index contributed by atoms with van der Waals surface area (Å²) in [5.41, 5.74) is 0.940. The lowest BCUT2D eigenvalue weighted by Crippen LogP contribution is -2.43. The van der Waals surface area contributed by atoms with Crippen molar-refractivity contribution >= 4 is 22.6 Å². The van der Waals surface area contributed by atoms with Gasteiger partial charge in [0.05, 0.1) is 11.4 Å². The number of rotatable bonds is 7. The quantitative estimate of drug-likeness (QED) is 0.783. The summed E-state index contributed by atoms with van der Waals surface area (Å²) in [5, 5.41) is 4.09. The molecule has 2 heterocycles. The first-order chi connectivity index (χ1) is 12.3. The molecule has 0 radical (unpaired) electrons. The molecule has 1 saturated heterocycles. The molecule has 6 heteroatoms. The van der Waals surface area contributed by atoms with Crippen LogP contribution in [0.2, 0.25) is 0 Å². The number of nitrogens with zero attached hydrogens (tertiary/aromatic N) is 3. The van der Waals surface area contributed by atoms with E-state index in [1.165, 1.54) is 0 Å². The van der Waals surface area contributed by atoms with Crippen molar-refractivity contribution < 1.29 is 9.53 Å². The molecule has 1 fully saturated rings. The van der Waals surface area contributed by atoms with Crippen molar-refractivity contribution in [1.82, 2.24) is 15.3 Å². The van der Waals surface area contributed by atoms with Crippen molar-refractivity contribution in [3.05, 3.63) is 30.6 Å². The SMILES string of the molecule is CCOCCCNC(=O)C1CCCN(c2ncnc3ccccc23)C1. The Morgan fingerprint density at radius 1 is 1.36 bits per heavy atom. The van der Waals surface area contributed by atoms with E-state index in [1.54, 1.807) is 6.33 Å². The maximum atomic E-state index is 12.5. The second-order valence-corrected chi connectivity index (χ2v) is 6.34. The summed E-state index contributed by atoms with van der Waals surface area (Å²) >= 11 is 0. The predicted octanol–water partition coefficient (Wildman–Crippen LogP) is 2.39. The number of hydrogen-bond acceptors (Lipinski definition) is 5. The molecule has 2 aromatic rings. The first-order valence-corrected chi connectivity index (χ1v) is 9.09. The van der Waals surface area contributed by atoms with E-state index in [4.69, 9.17) is 4.74 Å². The highest BCUT2D eigenvalue weighted by atomic mass is 16.5. The Balaban J connectivity index is 1.62. The molecule has 0 aliphatic carbocycles. The fourth-order valence-corrected chi connectivity index (χ4v) is 3.30. The summed E-state index contributed by atoms with van der Waals surface area (Å²) < 4.78 is 5.30. The molecule has 1 aliphatic heterocycles. The van der Waals surface area contributed by atoms with Gasteiger partial charge in [-0.1, -0.05) is 12.1 Å². The smallest absolute Gasteiger partial charge is 0.224 e. The van der Waals surface area contributed by atoms with Crippen LogP contribution < -0.4 is 10.2 Å². The van der Waals surface area contributed by atoms with Crippen LogP contribution in [0.15, 0.2) is 30.6 Å². The second kappa shape index (κ2) is 8.76. The van der Waals surface area contributed by atoms with Gasteiger partial charge in [0.1, 0.15) is 12.1 Å². The summed E-state index contributed by atoms with van der Waals surface area (Å²) in [6.45, 7) is 5.70. The fourth-order valence-electron chi connectivity index (χ4n) is 3.30. The molecule has 0 spiro atoms. The van der Waals surface area contributed by atoms with Gasteiger partial charge in [-0.25, -0.2) is 9.97 Å². The third kappa shape index (κ3) is 4.45. The highest BCUT2D eigenvalue weighted by molar-refractivity contribution is 5.89. The molecule has 0 saturated carbocycles. The van der Waals surface area contributed by atoms with E-state index in [9.17, 15) is 4.79 Å². The Labute approximate surface area is 148 Å².